The minimum Gasteiger partial charge on any atom is -0.504 e. The first-order valence-electron chi connectivity index (χ1n) is 7.68. The maximum Gasteiger partial charge on any atom is 0.280 e. The van der Waals surface area contributed by atoms with Crippen molar-refractivity contribution in [3.05, 3.63) is 58.4 Å². The number of carbonyl (C=O) groups excluding carboxylic acids is 1. The molecule has 0 aromatic heterocycles. The van der Waals surface area contributed by atoms with Crippen LogP contribution in [0.25, 0.3) is 6.08 Å². The molecule has 1 aliphatic heterocycles. The molecule has 0 unspecified atom stereocenters. The highest BCUT2D eigenvalue weighted by molar-refractivity contribution is 6.32. The number of hydrogen-bond donors (Lipinski definition) is 1. The fourth-order valence-corrected chi connectivity index (χ4v) is 2.59. The van der Waals surface area contributed by atoms with Crippen LogP contribution in [0.2, 0.25) is 0 Å². The molecule has 10 heteroatoms. The number of phenolic OH excluding ortho intramolecular Hbond substituents is 1. The van der Waals surface area contributed by atoms with E-state index >= 15 is 0 Å². The summed E-state index contributed by atoms with van der Waals surface area (Å²) in [5.74, 6) is -12.5. The van der Waals surface area contributed by atoms with Crippen LogP contribution >= 0.6 is 0 Å². The van der Waals surface area contributed by atoms with Gasteiger partial charge < -0.3 is 9.84 Å². The van der Waals surface area contributed by atoms with Gasteiger partial charge in [0.05, 0.1) is 18.4 Å². The van der Waals surface area contributed by atoms with E-state index in [1.54, 1.807) is 0 Å². The average molecular weight is 398 g/mol. The Morgan fingerprint density at radius 1 is 1.04 bits per heavy atom. The van der Waals surface area contributed by atoms with Gasteiger partial charge in [-0.05, 0) is 19.1 Å². The van der Waals surface area contributed by atoms with Gasteiger partial charge in [0.2, 0.25) is 5.82 Å². The number of para-hydroxylation sites is 1. The second-order valence-electron chi connectivity index (χ2n) is 5.68. The first-order chi connectivity index (χ1) is 13.2. The molecule has 5 nitrogen and oxygen atoms in total. The summed E-state index contributed by atoms with van der Waals surface area (Å²) >= 11 is 0. The first-order valence-corrected chi connectivity index (χ1v) is 7.68. The number of carbonyl (C=O) groups is 1. The number of anilines is 1. The summed E-state index contributed by atoms with van der Waals surface area (Å²) in [4.78, 5) is 12.6. The van der Waals surface area contributed by atoms with Crippen LogP contribution in [0.3, 0.4) is 0 Å². The van der Waals surface area contributed by atoms with Crippen molar-refractivity contribution in [3.63, 3.8) is 0 Å². The number of benzene rings is 2. The van der Waals surface area contributed by atoms with Crippen molar-refractivity contribution in [3.8, 4) is 11.5 Å². The van der Waals surface area contributed by atoms with Crippen molar-refractivity contribution >= 4 is 23.4 Å². The lowest BCUT2D eigenvalue weighted by Crippen LogP contribution is -2.25. The van der Waals surface area contributed by atoms with E-state index < -0.39 is 40.7 Å². The van der Waals surface area contributed by atoms with Gasteiger partial charge in [-0.1, -0.05) is 12.1 Å². The first kappa shape index (κ1) is 19.3. The maximum atomic E-state index is 14.0. The Morgan fingerprint density at radius 3 is 2.18 bits per heavy atom. The Kier molecular flexibility index (Phi) is 4.80. The van der Waals surface area contributed by atoms with E-state index in [9.17, 15) is 31.9 Å². The number of hydrogen-bond acceptors (Lipinski definition) is 4. The quantitative estimate of drug-likeness (QED) is 0.369. The lowest BCUT2D eigenvalue weighted by atomic mass is 10.1. The van der Waals surface area contributed by atoms with Crippen molar-refractivity contribution in [1.29, 1.82) is 0 Å². The zero-order valence-corrected chi connectivity index (χ0v) is 14.4. The fourth-order valence-electron chi connectivity index (χ4n) is 2.59. The van der Waals surface area contributed by atoms with E-state index in [2.05, 4.69) is 5.10 Å². The van der Waals surface area contributed by atoms with Gasteiger partial charge >= 0.3 is 0 Å². The largest absolute Gasteiger partial charge is 0.504 e. The van der Waals surface area contributed by atoms with E-state index in [0.717, 1.165) is 6.08 Å². The second-order valence-corrected chi connectivity index (χ2v) is 5.68. The van der Waals surface area contributed by atoms with Crippen LogP contribution in [-0.2, 0) is 4.79 Å². The molecule has 1 heterocycles. The van der Waals surface area contributed by atoms with Gasteiger partial charge in [-0.15, -0.1) is 0 Å². The number of rotatable bonds is 3. The van der Waals surface area contributed by atoms with Crippen LogP contribution in [0.4, 0.5) is 27.6 Å². The monoisotopic (exact) mass is 398 g/mol. The van der Waals surface area contributed by atoms with Gasteiger partial charge in [0.1, 0.15) is 5.69 Å². The van der Waals surface area contributed by atoms with Gasteiger partial charge in [0, 0.05) is 5.56 Å². The molecule has 2 aromatic carbocycles. The van der Waals surface area contributed by atoms with Gasteiger partial charge in [-0.2, -0.15) is 10.1 Å². The van der Waals surface area contributed by atoms with Crippen molar-refractivity contribution in [1.82, 2.24) is 0 Å². The Hall–Kier alpha value is -3.43. The third kappa shape index (κ3) is 2.86. The summed E-state index contributed by atoms with van der Waals surface area (Å²) in [7, 11) is 1.31. The van der Waals surface area contributed by atoms with Crippen LogP contribution in [-0.4, -0.2) is 23.8 Å². The molecule has 0 fully saturated rings. The van der Waals surface area contributed by atoms with Gasteiger partial charge in [-0.3, -0.25) is 4.79 Å². The molecule has 0 spiro atoms. The Labute approximate surface area is 155 Å². The maximum absolute atomic E-state index is 14.0. The molecule has 0 aliphatic carbocycles. The molecule has 0 atom stereocenters. The predicted octanol–water partition coefficient (Wildman–Crippen LogP) is 3.90. The second kappa shape index (κ2) is 6.95. The average Bonchev–Trinajstić information content (AvgIpc) is 2.94. The SMILES string of the molecule is COc1cccc(/C=C2\C(=O)N(c3c(F)c(F)c(F)c(F)c3F)N=C2C)c1O. The van der Waals surface area contributed by atoms with E-state index in [1.165, 1.54) is 32.2 Å². The number of halogens is 5. The summed E-state index contributed by atoms with van der Waals surface area (Å²) in [5.41, 5.74) is -1.64. The Morgan fingerprint density at radius 2 is 1.61 bits per heavy atom. The number of ether oxygens (including phenoxy) is 1. The number of hydrazone groups is 1. The standard InChI is InChI=1S/C18H11F5N2O3/c1-7-9(6-8-4-3-5-10(28-2)17(8)26)18(27)25(24-7)16-14(22)12(20)11(19)13(21)15(16)23/h3-6,26H,1-2H3/b9-6-. The van der Waals surface area contributed by atoms with Crippen molar-refractivity contribution in [2.45, 2.75) is 6.92 Å². The summed E-state index contributed by atoms with van der Waals surface area (Å²) in [6, 6.07) is 4.39. The molecule has 0 saturated carbocycles. The number of phenols is 1. The highest BCUT2D eigenvalue weighted by atomic mass is 19.2. The van der Waals surface area contributed by atoms with E-state index in [4.69, 9.17) is 4.74 Å². The van der Waals surface area contributed by atoms with Crippen LogP contribution in [0, 0.1) is 29.1 Å². The van der Waals surface area contributed by atoms with Crippen LogP contribution in [0.5, 0.6) is 11.5 Å². The lowest BCUT2D eigenvalue weighted by Gasteiger charge is -2.15. The molecule has 0 bridgehead atoms. The molecule has 1 N–H and O–H groups in total. The number of amides is 1. The van der Waals surface area contributed by atoms with Crippen LogP contribution in [0.1, 0.15) is 12.5 Å². The van der Waals surface area contributed by atoms with Gasteiger partial charge in [0.25, 0.3) is 5.91 Å². The molecule has 0 saturated heterocycles. The molecule has 0 radical (unpaired) electrons. The normalized spacial score (nSPS) is 15.4. The molecule has 1 aliphatic rings. The van der Waals surface area contributed by atoms with Crippen LogP contribution in [0.15, 0.2) is 28.9 Å². The minimum absolute atomic E-state index is 0.0591. The number of methoxy groups -OCH3 is 1. The molecule has 146 valence electrons. The Balaban J connectivity index is 2.11. The molecule has 2 aromatic rings. The highest BCUT2D eigenvalue weighted by Gasteiger charge is 2.37. The summed E-state index contributed by atoms with van der Waals surface area (Å²) in [6.07, 6.45) is 1.16. The topological polar surface area (TPSA) is 62.1 Å². The zero-order chi connectivity index (χ0) is 20.7. The van der Waals surface area contributed by atoms with Crippen molar-refractivity contribution in [2.75, 3.05) is 12.1 Å². The molecule has 28 heavy (non-hydrogen) atoms. The third-order valence-corrected chi connectivity index (χ3v) is 4.01. The van der Waals surface area contributed by atoms with Crippen molar-refractivity contribution in [2.24, 2.45) is 5.10 Å². The molecular formula is C18H11F5N2O3. The predicted molar refractivity (Wildman–Crippen MR) is 89.5 cm³/mol. The minimum atomic E-state index is -2.34. The van der Waals surface area contributed by atoms with Gasteiger partial charge in [0.15, 0.2) is 34.8 Å². The van der Waals surface area contributed by atoms with Crippen molar-refractivity contribution < 1.29 is 36.6 Å². The summed E-state index contributed by atoms with van der Waals surface area (Å²) in [6.45, 7) is 1.30. The summed E-state index contributed by atoms with van der Waals surface area (Å²) in [5, 5.41) is 13.8. The van der Waals surface area contributed by atoms with E-state index in [0.29, 0.717) is 0 Å². The molecule has 3 rings (SSSR count). The Bertz CT molecular complexity index is 1040. The molecule has 1 amide bonds. The zero-order valence-electron chi connectivity index (χ0n) is 14.4. The highest BCUT2D eigenvalue weighted by Crippen LogP contribution is 2.35. The number of nitrogens with zero attached hydrogens (tertiary/aromatic N) is 2. The van der Waals surface area contributed by atoms with Gasteiger partial charge in [-0.25, -0.2) is 22.0 Å². The lowest BCUT2D eigenvalue weighted by molar-refractivity contribution is -0.114. The summed E-state index contributed by atoms with van der Waals surface area (Å²) < 4.78 is 73.1. The van der Waals surface area contributed by atoms with E-state index in [-0.39, 0.29) is 33.4 Å². The smallest absolute Gasteiger partial charge is 0.280 e. The van der Waals surface area contributed by atoms with E-state index in [1.807, 2.05) is 0 Å². The fraction of sp³-hybridized carbons (Fsp3) is 0.111. The molecular weight excluding hydrogens is 387 g/mol. The van der Waals surface area contributed by atoms with Crippen LogP contribution < -0.4 is 9.75 Å². The number of aromatic hydroxyl groups is 1. The third-order valence-electron chi connectivity index (χ3n) is 4.01.